The maximum Gasteiger partial charge on any atom is 0.257 e. The Hall–Kier alpha value is -3.51. The Bertz CT molecular complexity index is 987. The molecule has 0 aliphatic carbocycles. The van der Waals surface area contributed by atoms with Crippen LogP contribution in [-0.2, 0) is 11.3 Å². The van der Waals surface area contributed by atoms with Crippen LogP contribution in [0.1, 0.15) is 40.1 Å². The molecule has 3 rings (SSSR count). The molecule has 3 aromatic rings. The van der Waals surface area contributed by atoms with Crippen LogP contribution in [-0.4, -0.2) is 22.9 Å². The number of amides is 2. The number of carbonyl (C=O) groups excluding carboxylic acids is 2. The molecule has 0 atom stereocenters. The van der Waals surface area contributed by atoms with Crippen molar-refractivity contribution in [1.82, 2.24) is 4.98 Å². The Morgan fingerprint density at radius 3 is 2.24 bits per heavy atom. The monoisotopic (exact) mass is 389 g/mol. The molecule has 0 bridgehead atoms. The second kappa shape index (κ2) is 9.61. The van der Waals surface area contributed by atoms with Gasteiger partial charge in [0.2, 0.25) is 0 Å². The summed E-state index contributed by atoms with van der Waals surface area (Å²) in [5.74, 6) is -0.544. The van der Waals surface area contributed by atoms with Gasteiger partial charge in [-0.1, -0.05) is 18.2 Å². The van der Waals surface area contributed by atoms with Crippen LogP contribution in [0.4, 0.5) is 11.4 Å². The van der Waals surface area contributed by atoms with Gasteiger partial charge in [0.25, 0.3) is 11.8 Å². The summed E-state index contributed by atoms with van der Waals surface area (Å²) in [5, 5.41) is 5.66. The summed E-state index contributed by atoms with van der Waals surface area (Å²) in [6, 6.07) is 17.7. The number of ether oxygens (including phenoxy) is 1. The topological polar surface area (TPSA) is 80.3 Å². The van der Waals surface area contributed by atoms with Crippen LogP contribution in [0.15, 0.2) is 73.1 Å². The highest BCUT2D eigenvalue weighted by Gasteiger charge is 2.10. The molecule has 0 radical (unpaired) electrons. The molecule has 0 saturated heterocycles. The Morgan fingerprint density at radius 2 is 1.55 bits per heavy atom. The molecule has 0 saturated carbocycles. The minimum absolute atomic E-state index is 0.137. The summed E-state index contributed by atoms with van der Waals surface area (Å²) in [5.41, 5.74) is 3.09. The standard InChI is InChI=1S/C23H23N3O3/c1-16(2)29-15-17-6-3-9-20(12-17)25-22(27)18-7-4-10-21(13-18)26-23(28)19-8-5-11-24-14-19/h3-14,16H,15H2,1-2H3,(H,25,27)(H,26,28). The van der Waals surface area contributed by atoms with Crippen LogP contribution in [0.2, 0.25) is 0 Å². The smallest absolute Gasteiger partial charge is 0.257 e. The zero-order valence-corrected chi connectivity index (χ0v) is 16.4. The Labute approximate surface area is 169 Å². The third-order valence-corrected chi connectivity index (χ3v) is 4.07. The first-order valence-corrected chi connectivity index (χ1v) is 9.34. The van der Waals surface area contributed by atoms with Crippen molar-refractivity contribution >= 4 is 23.2 Å². The third-order valence-electron chi connectivity index (χ3n) is 4.07. The van der Waals surface area contributed by atoms with E-state index in [1.807, 2.05) is 38.1 Å². The highest BCUT2D eigenvalue weighted by Crippen LogP contribution is 2.16. The summed E-state index contributed by atoms with van der Waals surface area (Å²) in [7, 11) is 0. The first-order valence-electron chi connectivity index (χ1n) is 9.34. The first-order chi connectivity index (χ1) is 14.0. The minimum Gasteiger partial charge on any atom is -0.374 e. The summed E-state index contributed by atoms with van der Waals surface area (Å²) < 4.78 is 5.60. The van der Waals surface area contributed by atoms with E-state index in [1.165, 1.54) is 6.20 Å². The molecule has 0 aliphatic heterocycles. The number of carbonyl (C=O) groups is 2. The number of hydrogen-bond acceptors (Lipinski definition) is 4. The highest BCUT2D eigenvalue weighted by atomic mass is 16.5. The van der Waals surface area contributed by atoms with Gasteiger partial charge in [-0.2, -0.15) is 0 Å². The predicted molar refractivity (Wildman–Crippen MR) is 113 cm³/mol. The van der Waals surface area contributed by atoms with E-state index < -0.39 is 0 Å². The molecular weight excluding hydrogens is 366 g/mol. The van der Waals surface area contributed by atoms with E-state index in [4.69, 9.17) is 4.74 Å². The molecule has 2 aromatic carbocycles. The van der Waals surface area contributed by atoms with Gasteiger partial charge >= 0.3 is 0 Å². The van der Waals surface area contributed by atoms with Crippen LogP contribution >= 0.6 is 0 Å². The molecule has 0 aliphatic rings. The number of anilines is 2. The van der Waals surface area contributed by atoms with Crippen molar-refractivity contribution in [2.45, 2.75) is 26.6 Å². The van der Waals surface area contributed by atoms with Gasteiger partial charge in [0.15, 0.2) is 0 Å². The van der Waals surface area contributed by atoms with Crippen LogP contribution < -0.4 is 10.6 Å². The van der Waals surface area contributed by atoms with Gasteiger partial charge < -0.3 is 15.4 Å². The molecule has 0 unspecified atom stereocenters. The van der Waals surface area contributed by atoms with E-state index in [1.54, 1.807) is 42.6 Å². The molecule has 1 heterocycles. The first kappa shape index (κ1) is 20.2. The summed E-state index contributed by atoms with van der Waals surface area (Å²) in [4.78, 5) is 28.8. The number of rotatable bonds is 7. The molecule has 148 valence electrons. The van der Waals surface area contributed by atoms with E-state index in [0.29, 0.717) is 29.1 Å². The molecule has 0 spiro atoms. The zero-order valence-electron chi connectivity index (χ0n) is 16.4. The molecule has 6 nitrogen and oxygen atoms in total. The van der Waals surface area contributed by atoms with Gasteiger partial charge in [0.1, 0.15) is 0 Å². The molecular formula is C23H23N3O3. The number of pyridine rings is 1. The maximum absolute atomic E-state index is 12.6. The summed E-state index contributed by atoms with van der Waals surface area (Å²) >= 11 is 0. The van der Waals surface area contributed by atoms with Crippen molar-refractivity contribution in [2.24, 2.45) is 0 Å². The fourth-order valence-electron chi connectivity index (χ4n) is 2.64. The summed E-state index contributed by atoms with van der Waals surface area (Å²) in [6.07, 6.45) is 3.23. The quantitative estimate of drug-likeness (QED) is 0.623. The third kappa shape index (κ3) is 5.99. The molecule has 2 amide bonds. The average Bonchev–Trinajstić information content (AvgIpc) is 2.73. The lowest BCUT2D eigenvalue weighted by Gasteiger charge is -2.11. The molecule has 1 aromatic heterocycles. The predicted octanol–water partition coefficient (Wildman–Crippen LogP) is 4.51. The van der Waals surface area contributed by atoms with Crippen LogP contribution in [0.5, 0.6) is 0 Å². The average molecular weight is 389 g/mol. The Kier molecular flexibility index (Phi) is 6.71. The second-order valence-corrected chi connectivity index (χ2v) is 6.79. The van der Waals surface area contributed by atoms with Crippen molar-refractivity contribution in [1.29, 1.82) is 0 Å². The molecule has 29 heavy (non-hydrogen) atoms. The van der Waals surface area contributed by atoms with Gasteiger partial charge in [0.05, 0.1) is 18.3 Å². The molecule has 0 fully saturated rings. The van der Waals surface area contributed by atoms with Crippen molar-refractivity contribution in [3.63, 3.8) is 0 Å². The van der Waals surface area contributed by atoms with E-state index in [2.05, 4.69) is 15.6 Å². The molecule has 6 heteroatoms. The van der Waals surface area contributed by atoms with E-state index in [9.17, 15) is 9.59 Å². The van der Waals surface area contributed by atoms with Crippen molar-refractivity contribution in [3.05, 3.63) is 89.7 Å². The number of benzene rings is 2. The Balaban J connectivity index is 1.66. The van der Waals surface area contributed by atoms with Gasteiger partial charge in [-0.3, -0.25) is 14.6 Å². The van der Waals surface area contributed by atoms with Gasteiger partial charge in [-0.15, -0.1) is 0 Å². The fourth-order valence-corrected chi connectivity index (χ4v) is 2.64. The lowest BCUT2D eigenvalue weighted by molar-refractivity contribution is 0.0657. The van der Waals surface area contributed by atoms with E-state index in [0.717, 1.165) is 5.56 Å². The number of nitrogens with zero attached hydrogens (tertiary/aromatic N) is 1. The fraction of sp³-hybridized carbons (Fsp3) is 0.174. The van der Waals surface area contributed by atoms with Gasteiger partial charge in [0, 0.05) is 29.3 Å². The number of aromatic nitrogens is 1. The van der Waals surface area contributed by atoms with Crippen LogP contribution in [0.3, 0.4) is 0 Å². The summed E-state index contributed by atoms with van der Waals surface area (Å²) in [6.45, 7) is 4.44. The zero-order chi connectivity index (χ0) is 20.6. The van der Waals surface area contributed by atoms with E-state index in [-0.39, 0.29) is 17.9 Å². The van der Waals surface area contributed by atoms with Crippen molar-refractivity contribution in [2.75, 3.05) is 10.6 Å². The molecule has 2 N–H and O–H groups in total. The van der Waals surface area contributed by atoms with Crippen LogP contribution in [0, 0.1) is 0 Å². The number of nitrogens with one attached hydrogen (secondary N) is 2. The minimum atomic E-state index is -0.284. The van der Waals surface area contributed by atoms with Gasteiger partial charge in [-0.05, 0) is 61.9 Å². The maximum atomic E-state index is 12.6. The highest BCUT2D eigenvalue weighted by molar-refractivity contribution is 6.07. The van der Waals surface area contributed by atoms with Crippen molar-refractivity contribution < 1.29 is 14.3 Å². The lowest BCUT2D eigenvalue weighted by atomic mass is 10.1. The Morgan fingerprint density at radius 1 is 0.897 bits per heavy atom. The number of hydrogen-bond donors (Lipinski definition) is 2. The van der Waals surface area contributed by atoms with Crippen molar-refractivity contribution in [3.8, 4) is 0 Å². The largest absolute Gasteiger partial charge is 0.374 e. The van der Waals surface area contributed by atoms with Gasteiger partial charge in [-0.25, -0.2) is 0 Å². The lowest BCUT2D eigenvalue weighted by Crippen LogP contribution is -2.15. The van der Waals surface area contributed by atoms with Crippen LogP contribution in [0.25, 0.3) is 0 Å². The van der Waals surface area contributed by atoms with E-state index >= 15 is 0 Å². The SMILES string of the molecule is CC(C)OCc1cccc(NC(=O)c2cccc(NC(=O)c3cccnc3)c2)c1. The second-order valence-electron chi connectivity index (χ2n) is 6.79. The normalized spacial score (nSPS) is 10.6.